The Morgan fingerprint density at radius 2 is 1.84 bits per heavy atom. The summed E-state index contributed by atoms with van der Waals surface area (Å²) in [4.78, 5) is 6.90. The van der Waals surface area contributed by atoms with Gasteiger partial charge in [0.15, 0.2) is 0 Å². The highest BCUT2D eigenvalue weighted by Crippen LogP contribution is 2.29. The summed E-state index contributed by atoms with van der Waals surface area (Å²) in [7, 11) is 0. The van der Waals surface area contributed by atoms with Gasteiger partial charge in [-0.3, -0.25) is 0 Å². The molecule has 0 aliphatic heterocycles. The van der Waals surface area contributed by atoms with Gasteiger partial charge in [0.25, 0.3) is 0 Å². The van der Waals surface area contributed by atoms with E-state index in [0.717, 1.165) is 29.3 Å². The summed E-state index contributed by atoms with van der Waals surface area (Å²) >= 11 is 6.11. The minimum atomic E-state index is 0.484. The molecule has 2 rings (SSSR count). The molecule has 0 unspecified atom stereocenters. The Labute approximate surface area is 120 Å². The van der Waals surface area contributed by atoms with Crippen LogP contribution >= 0.6 is 11.6 Å². The molecular weight excluding hydrogens is 256 g/mol. The Balaban J connectivity index is 2.55. The van der Waals surface area contributed by atoms with Crippen molar-refractivity contribution in [2.24, 2.45) is 0 Å². The van der Waals surface area contributed by atoms with Crippen LogP contribution in [0.15, 0.2) is 36.4 Å². The first kappa shape index (κ1) is 13.9. The molecule has 0 N–H and O–H groups in total. The Kier molecular flexibility index (Phi) is 4.43. The molecule has 3 heteroatoms. The molecular formula is C16H19ClN2. The standard InChI is InChI=1S/C16H19ClN2/c1-4-19(14-8-6-5-7-9-14)16-15(11-17)12(2)10-13(3)18-16/h5-10H,4,11H2,1-3H3. The third-order valence-corrected chi connectivity index (χ3v) is 3.49. The predicted octanol–water partition coefficient (Wildman–Crippen LogP) is 4.60. The minimum absolute atomic E-state index is 0.484. The van der Waals surface area contributed by atoms with E-state index < -0.39 is 0 Å². The normalized spacial score (nSPS) is 10.5. The van der Waals surface area contributed by atoms with Gasteiger partial charge in [-0.25, -0.2) is 4.98 Å². The summed E-state index contributed by atoms with van der Waals surface area (Å²) in [6.07, 6.45) is 0. The lowest BCUT2D eigenvalue weighted by molar-refractivity contribution is 0.959. The molecule has 2 nitrogen and oxygen atoms in total. The lowest BCUT2D eigenvalue weighted by atomic mass is 10.1. The van der Waals surface area contributed by atoms with Crippen LogP contribution in [0.4, 0.5) is 11.5 Å². The molecule has 0 radical (unpaired) electrons. The van der Waals surface area contributed by atoms with Gasteiger partial charge in [0, 0.05) is 23.5 Å². The number of benzene rings is 1. The lowest BCUT2D eigenvalue weighted by Crippen LogP contribution is -2.19. The maximum Gasteiger partial charge on any atom is 0.137 e. The maximum atomic E-state index is 6.11. The molecule has 0 saturated carbocycles. The first-order valence-corrected chi connectivity index (χ1v) is 7.06. The zero-order valence-electron chi connectivity index (χ0n) is 11.7. The zero-order valence-corrected chi connectivity index (χ0v) is 12.4. The van der Waals surface area contributed by atoms with E-state index in [-0.39, 0.29) is 0 Å². The first-order valence-electron chi connectivity index (χ1n) is 6.53. The van der Waals surface area contributed by atoms with Gasteiger partial charge >= 0.3 is 0 Å². The largest absolute Gasteiger partial charge is 0.326 e. The molecule has 0 saturated heterocycles. The fourth-order valence-corrected chi connectivity index (χ4v) is 2.62. The number of para-hydroxylation sites is 1. The van der Waals surface area contributed by atoms with Crippen LogP contribution in [0, 0.1) is 13.8 Å². The number of alkyl halides is 1. The summed E-state index contributed by atoms with van der Waals surface area (Å²) in [6, 6.07) is 12.4. The van der Waals surface area contributed by atoms with Crippen LogP contribution in [-0.4, -0.2) is 11.5 Å². The molecule has 1 heterocycles. The van der Waals surface area contributed by atoms with Gasteiger partial charge in [0.1, 0.15) is 5.82 Å². The summed E-state index contributed by atoms with van der Waals surface area (Å²) in [5, 5.41) is 0. The second-order valence-electron chi connectivity index (χ2n) is 4.60. The molecule has 1 aromatic carbocycles. The minimum Gasteiger partial charge on any atom is -0.326 e. The van der Waals surface area contributed by atoms with Gasteiger partial charge in [0.2, 0.25) is 0 Å². The van der Waals surface area contributed by atoms with E-state index in [1.54, 1.807) is 0 Å². The first-order chi connectivity index (χ1) is 9.17. The molecule has 100 valence electrons. The third kappa shape index (κ3) is 2.90. The van der Waals surface area contributed by atoms with Crippen molar-refractivity contribution in [1.29, 1.82) is 0 Å². The third-order valence-electron chi connectivity index (χ3n) is 3.23. The fourth-order valence-electron chi connectivity index (χ4n) is 2.29. The van der Waals surface area contributed by atoms with E-state index >= 15 is 0 Å². The van der Waals surface area contributed by atoms with Gasteiger partial charge in [-0.2, -0.15) is 0 Å². The quantitative estimate of drug-likeness (QED) is 0.758. The van der Waals surface area contributed by atoms with Crippen molar-refractivity contribution in [3.05, 3.63) is 53.2 Å². The number of pyridine rings is 1. The van der Waals surface area contributed by atoms with E-state index in [4.69, 9.17) is 16.6 Å². The number of hydrogen-bond acceptors (Lipinski definition) is 2. The number of nitrogens with zero attached hydrogens (tertiary/aromatic N) is 2. The van der Waals surface area contributed by atoms with Crippen LogP contribution in [0.3, 0.4) is 0 Å². The molecule has 2 aromatic rings. The van der Waals surface area contributed by atoms with Crippen LogP contribution in [0.2, 0.25) is 0 Å². The molecule has 0 bridgehead atoms. The van der Waals surface area contributed by atoms with Crippen molar-refractivity contribution in [3.63, 3.8) is 0 Å². The van der Waals surface area contributed by atoms with Crippen molar-refractivity contribution in [2.45, 2.75) is 26.7 Å². The van der Waals surface area contributed by atoms with E-state index in [1.165, 1.54) is 5.56 Å². The molecule has 0 atom stereocenters. The van der Waals surface area contributed by atoms with Crippen LogP contribution in [-0.2, 0) is 5.88 Å². The average Bonchev–Trinajstić information content (AvgIpc) is 2.40. The van der Waals surface area contributed by atoms with E-state index in [9.17, 15) is 0 Å². The van der Waals surface area contributed by atoms with Crippen molar-refractivity contribution >= 4 is 23.1 Å². The van der Waals surface area contributed by atoms with E-state index in [2.05, 4.69) is 36.9 Å². The molecule has 0 amide bonds. The highest BCUT2D eigenvalue weighted by atomic mass is 35.5. The summed E-state index contributed by atoms with van der Waals surface area (Å²) < 4.78 is 0. The molecule has 0 aliphatic rings. The maximum absolute atomic E-state index is 6.11. The lowest BCUT2D eigenvalue weighted by Gasteiger charge is -2.25. The summed E-state index contributed by atoms with van der Waals surface area (Å²) in [6.45, 7) is 7.11. The van der Waals surface area contributed by atoms with Gasteiger partial charge in [-0.15, -0.1) is 11.6 Å². The molecule has 19 heavy (non-hydrogen) atoms. The average molecular weight is 275 g/mol. The Bertz CT molecular complexity index is 552. The summed E-state index contributed by atoms with van der Waals surface area (Å²) in [5.41, 5.74) is 4.48. The van der Waals surface area contributed by atoms with Crippen LogP contribution in [0.1, 0.15) is 23.7 Å². The van der Waals surface area contributed by atoms with E-state index in [0.29, 0.717) is 5.88 Å². The highest BCUT2D eigenvalue weighted by molar-refractivity contribution is 6.17. The second-order valence-corrected chi connectivity index (χ2v) is 4.86. The molecule has 1 aromatic heterocycles. The van der Waals surface area contributed by atoms with Crippen molar-refractivity contribution in [1.82, 2.24) is 4.98 Å². The number of halogens is 1. The molecule has 0 aliphatic carbocycles. The zero-order chi connectivity index (χ0) is 13.8. The Morgan fingerprint density at radius 1 is 1.16 bits per heavy atom. The molecule has 0 fully saturated rings. The highest BCUT2D eigenvalue weighted by Gasteiger charge is 2.15. The van der Waals surface area contributed by atoms with Crippen LogP contribution in [0.25, 0.3) is 0 Å². The van der Waals surface area contributed by atoms with Crippen molar-refractivity contribution < 1.29 is 0 Å². The van der Waals surface area contributed by atoms with Crippen LogP contribution < -0.4 is 4.90 Å². The SMILES string of the molecule is CCN(c1ccccc1)c1nc(C)cc(C)c1CCl. The number of aromatic nitrogens is 1. The van der Waals surface area contributed by atoms with Gasteiger partial charge in [-0.05, 0) is 44.5 Å². The number of aryl methyl sites for hydroxylation is 2. The van der Waals surface area contributed by atoms with Gasteiger partial charge < -0.3 is 4.90 Å². The second kappa shape index (κ2) is 6.07. The monoisotopic (exact) mass is 274 g/mol. The smallest absolute Gasteiger partial charge is 0.137 e. The van der Waals surface area contributed by atoms with E-state index in [1.807, 2.05) is 25.1 Å². The van der Waals surface area contributed by atoms with Crippen molar-refractivity contribution in [2.75, 3.05) is 11.4 Å². The number of anilines is 2. The Morgan fingerprint density at radius 3 is 2.42 bits per heavy atom. The van der Waals surface area contributed by atoms with Gasteiger partial charge in [0.05, 0.1) is 5.88 Å². The number of hydrogen-bond donors (Lipinski definition) is 0. The fraction of sp³-hybridized carbons (Fsp3) is 0.312. The summed E-state index contributed by atoms with van der Waals surface area (Å²) in [5.74, 6) is 1.46. The number of rotatable bonds is 4. The van der Waals surface area contributed by atoms with Crippen molar-refractivity contribution in [3.8, 4) is 0 Å². The Hall–Kier alpha value is -1.54. The predicted molar refractivity (Wildman–Crippen MR) is 82.4 cm³/mol. The topological polar surface area (TPSA) is 16.1 Å². The molecule has 0 spiro atoms. The van der Waals surface area contributed by atoms with Crippen LogP contribution in [0.5, 0.6) is 0 Å². The van der Waals surface area contributed by atoms with Gasteiger partial charge in [-0.1, -0.05) is 18.2 Å².